The predicted molar refractivity (Wildman–Crippen MR) is 115 cm³/mol. The van der Waals surface area contributed by atoms with E-state index in [2.05, 4.69) is 17.4 Å². The van der Waals surface area contributed by atoms with Crippen LogP contribution >= 0.6 is 0 Å². The van der Waals surface area contributed by atoms with Gasteiger partial charge in [-0.25, -0.2) is 13.2 Å². The third kappa shape index (κ3) is 5.16. The van der Waals surface area contributed by atoms with Crippen molar-refractivity contribution in [2.45, 2.75) is 32.1 Å². The summed E-state index contributed by atoms with van der Waals surface area (Å²) in [6.45, 7) is 7.87. The lowest BCUT2D eigenvalue weighted by Crippen LogP contribution is -2.53. The molecule has 1 aliphatic rings. The van der Waals surface area contributed by atoms with E-state index in [0.29, 0.717) is 37.6 Å². The first-order valence-electron chi connectivity index (χ1n) is 9.93. The lowest BCUT2D eigenvalue weighted by Gasteiger charge is -2.34. The Morgan fingerprint density at radius 3 is 2.34 bits per heavy atom. The standard InChI is InChI=1S/C22H29N3O3S/c1-17-5-4-6-20(15-17)9-10-23-22(26)24-11-13-25(14-12-24)29(27,28)21-8-7-18(2)19(3)16-21/h4-8,15-16H,9-14H2,1-3H3,(H,23,26). The summed E-state index contributed by atoms with van der Waals surface area (Å²) in [5.41, 5.74) is 4.42. The second-order valence-corrected chi connectivity index (χ2v) is 9.55. The second kappa shape index (κ2) is 8.97. The number of hydrogen-bond acceptors (Lipinski definition) is 3. The van der Waals surface area contributed by atoms with Crippen LogP contribution in [0.3, 0.4) is 0 Å². The minimum atomic E-state index is -3.53. The van der Waals surface area contributed by atoms with Crippen LogP contribution in [0.4, 0.5) is 4.79 Å². The van der Waals surface area contributed by atoms with Crippen LogP contribution in [0.1, 0.15) is 22.3 Å². The van der Waals surface area contributed by atoms with Crippen molar-refractivity contribution in [3.8, 4) is 0 Å². The average Bonchev–Trinajstić information content (AvgIpc) is 2.70. The smallest absolute Gasteiger partial charge is 0.317 e. The molecule has 0 saturated carbocycles. The van der Waals surface area contributed by atoms with Crippen LogP contribution in [0.2, 0.25) is 0 Å². The molecule has 1 aliphatic heterocycles. The van der Waals surface area contributed by atoms with Crippen LogP contribution in [-0.2, 0) is 16.4 Å². The highest BCUT2D eigenvalue weighted by Gasteiger charge is 2.30. The Kier molecular flexibility index (Phi) is 6.59. The molecule has 7 heteroatoms. The molecule has 2 aromatic rings. The molecule has 2 aromatic carbocycles. The number of nitrogens with one attached hydrogen (secondary N) is 1. The van der Waals surface area contributed by atoms with E-state index in [0.717, 1.165) is 17.5 Å². The van der Waals surface area contributed by atoms with Crippen molar-refractivity contribution in [3.63, 3.8) is 0 Å². The van der Waals surface area contributed by atoms with Crippen molar-refractivity contribution in [1.82, 2.24) is 14.5 Å². The summed E-state index contributed by atoms with van der Waals surface area (Å²) >= 11 is 0. The Bertz CT molecular complexity index is 981. The third-order valence-corrected chi connectivity index (χ3v) is 7.31. The van der Waals surface area contributed by atoms with Crippen molar-refractivity contribution >= 4 is 16.1 Å². The number of hydrogen-bond donors (Lipinski definition) is 1. The highest BCUT2D eigenvalue weighted by Crippen LogP contribution is 2.20. The van der Waals surface area contributed by atoms with Crippen molar-refractivity contribution < 1.29 is 13.2 Å². The Morgan fingerprint density at radius 2 is 1.69 bits per heavy atom. The minimum absolute atomic E-state index is 0.138. The maximum atomic E-state index is 12.9. The van der Waals surface area contributed by atoms with Gasteiger partial charge in [-0.2, -0.15) is 4.31 Å². The number of benzene rings is 2. The van der Waals surface area contributed by atoms with Gasteiger partial charge in [-0.1, -0.05) is 35.9 Å². The maximum absolute atomic E-state index is 12.9. The van der Waals surface area contributed by atoms with E-state index in [1.807, 2.05) is 39.0 Å². The van der Waals surface area contributed by atoms with E-state index in [-0.39, 0.29) is 6.03 Å². The summed E-state index contributed by atoms with van der Waals surface area (Å²) in [7, 11) is -3.53. The summed E-state index contributed by atoms with van der Waals surface area (Å²) in [6.07, 6.45) is 0.772. The van der Waals surface area contributed by atoms with Crippen LogP contribution < -0.4 is 5.32 Å². The number of rotatable bonds is 5. The SMILES string of the molecule is Cc1cccc(CCNC(=O)N2CCN(S(=O)(=O)c3ccc(C)c(C)c3)CC2)c1. The summed E-state index contributed by atoms with van der Waals surface area (Å²) in [4.78, 5) is 14.4. The fraction of sp³-hybridized carbons (Fsp3) is 0.409. The zero-order valence-electron chi connectivity index (χ0n) is 17.3. The molecule has 2 amide bonds. The van der Waals surface area contributed by atoms with Crippen LogP contribution in [0.15, 0.2) is 47.4 Å². The van der Waals surface area contributed by atoms with Gasteiger partial charge in [0.25, 0.3) is 0 Å². The lowest BCUT2D eigenvalue weighted by atomic mass is 10.1. The van der Waals surface area contributed by atoms with Gasteiger partial charge in [0.2, 0.25) is 10.0 Å². The molecule has 156 valence electrons. The Labute approximate surface area is 173 Å². The van der Waals surface area contributed by atoms with Gasteiger partial charge in [0.1, 0.15) is 0 Å². The normalized spacial score (nSPS) is 15.3. The molecule has 3 rings (SSSR count). The molecule has 1 heterocycles. The molecule has 0 spiro atoms. The van der Waals surface area contributed by atoms with E-state index in [4.69, 9.17) is 0 Å². The summed E-state index contributed by atoms with van der Waals surface area (Å²) in [5.74, 6) is 0. The van der Waals surface area contributed by atoms with Gasteiger partial charge in [0.15, 0.2) is 0 Å². The predicted octanol–water partition coefficient (Wildman–Crippen LogP) is 2.87. The Balaban J connectivity index is 1.51. The average molecular weight is 416 g/mol. The highest BCUT2D eigenvalue weighted by molar-refractivity contribution is 7.89. The van der Waals surface area contributed by atoms with Crippen LogP contribution in [-0.4, -0.2) is 56.4 Å². The fourth-order valence-electron chi connectivity index (χ4n) is 3.45. The van der Waals surface area contributed by atoms with Gasteiger partial charge in [-0.05, 0) is 56.0 Å². The van der Waals surface area contributed by atoms with Gasteiger partial charge in [0, 0.05) is 32.7 Å². The Morgan fingerprint density at radius 1 is 0.966 bits per heavy atom. The molecule has 0 unspecified atom stereocenters. The van der Waals surface area contributed by atoms with Gasteiger partial charge < -0.3 is 10.2 Å². The molecule has 0 atom stereocenters. The van der Waals surface area contributed by atoms with Crippen molar-refractivity contribution in [1.29, 1.82) is 0 Å². The fourth-order valence-corrected chi connectivity index (χ4v) is 4.96. The summed E-state index contributed by atoms with van der Waals surface area (Å²) < 4.78 is 27.2. The molecule has 0 radical (unpaired) electrons. The minimum Gasteiger partial charge on any atom is -0.338 e. The number of carbonyl (C=O) groups is 1. The molecule has 0 aliphatic carbocycles. The molecular weight excluding hydrogens is 386 g/mol. The summed E-state index contributed by atoms with van der Waals surface area (Å²) in [5, 5.41) is 2.94. The van der Waals surface area contributed by atoms with E-state index in [1.165, 1.54) is 15.4 Å². The first-order chi connectivity index (χ1) is 13.8. The monoisotopic (exact) mass is 415 g/mol. The number of sulfonamides is 1. The molecule has 6 nitrogen and oxygen atoms in total. The third-order valence-electron chi connectivity index (χ3n) is 5.41. The molecule has 1 fully saturated rings. The quantitative estimate of drug-likeness (QED) is 0.816. The molecule has 1 N–H and O–H groups in total. The number of aryl methyl sites for hydroxylation is 3. The number of carbonyl (C=O) groups excluding carboxylic acids is 1. The summed E-state index contributed by atoms with van der Waals surface area (Å²) in [6, 6.07) is 13.3. The molecule has 0 aromatic heterocycles. The van der Waals surface area contributed by atoms with Gasteiger partial charge in [-0.3, -0.25) is 0 Å². The van der Waals surface area contributed by atoms with Crippen molar-refractivity contribution in [2.24, 2.45) is 0 Å². The number of nitrogens with zero attached hydrogens (tertiary/aromatic N) is 2. The first kappa shape index (κ1) is 21.3. The lowest BCUT2D eigenvalue weighted by molar-refractivity contribution is 0.172. The topological polar surface area (TPSA) is 69.7 Å². The van der Waals surface area contributed by atoms with E-state index < -0.39 is 10.0 Å². The number of piperazine rings is 1. The molecule has 29 heavy (non-hydrogen) atoms. The van der Waals surface area contributed by atoms with Gasteiger partial charge in [0.05, 0.1) is 4.90 Å². The molecule has 0 bridgehead atoms. The molecular formula is C22H29N3O3S. The van der Waals surface area contributed by atoms with Crippen LogP contribution in [0.25, 0.3) is 0 Å². The zero-order valence-corrected chi connectivity index (χ0v) is 18.1. The van der Waals surface area contributed by atoms with Crippen molar-refractivity contribution in [2.75, 3.05) is 32.7 Å². The van der Waals surface area contributed by atoms with Crippen LogP contribution in [0, 0.1) is 20.8 Å². The second-order valence-electron chi connectivity index (χ2n) is 7.61. The van der Waals surface area contributed by atoms with Crippen molar-refractivity contribution in [3.05, 3.63) is 64.7 Å². The highest BCUT2D eigenvalue weighted by atomic mass is 32.2. The Hall–Kier alpha value is -2.38. The number of urea groups is 1. The van der Waals surface area contributed by atoms with Gasteiger partial charge >= 0.3 is 6.03 Å². The van der Waals surface area contributed by atoms with E-state index >= 15 is 0 Å². The van der Waals surface area contributed by atoms with E-state index in [1.54, 1.807) is 17.0 Å². The first-order valence-corrected chi connectivity index (χ1v) is 11.4. The molecule has 1 saturated heterocycles. The largest absolute Gasteiger partial charge is 0.338 e. The maximum Gasteiger partial charge on any atom is 0.317 e. The number of amides is 2. The van der Waals surface area contributed by atoms with Crippen LogP contribution in [0.5, 0.6) is 0 Å². The van der Waals surface area contributed by atoms with E-state index in [9.17, 15) is 13.2 Å². The van der Waals surface area contributed by atoms with Gasteiger partial charge in [-0.15, -0.1) is 0 Å². The zero-order chi connectivity index (χ0) is 21.0.